The summed E-state index contributed by atoms with van der Waals surface area (Å²) >= 11 is 1.69. The van der Waals surface area contributed by atoms with Gasteiger partial charge in [0.05, 0.1) is 12.0 Å². The molecule has 1 rings (SSSR count). The van der Waals surface area contributed by atoms with Crippen molar-refractivity contribution >= 4 is 29.5 Å². The number of carboxylic acids is 1. The summed E-state index contributed by atoms with van der Waals surface area (Å²) < 4.78 is 0. The van der Waals surface area contributed by atoms with Crippen molar-refractivity contribution in [2.75, 3.05) is 25.1 Å². The van der Waals surface area contributed by atoms with Crippen molar-refractivity contribution in [1.82, 2.24) is 10.2 Å². The van der Waals surface area contributed by atoms with Gasteiger partial charge in [0.2, 0.25) is 5.91 Å². The zero-order chi connectivity index (χ0) is 16.7. The van der Waals surface area contributed by atoms with Gasteiger partial charge in [-0.15, -0.1) is 0 Å². The van der Waals surface area contributed by atoms with Gasteiger partial charge in [0.1, 0.15) is 0 Å². The van der Waals surface area contributed by atoms with E-state index in [2.05, 4.69) is 11.1 Å². The number of piperidine rings is 1. The van der Waals surface area contributed by atoms with Crippen molar-refractivity contribution in [3.05, 3.63) is 0 Å². The highest BCUT2D eigenvalue weighted by atomic mass is 32.2. The summed E-state index contributed by atoms with van der Waals surface area (Å²) in [4.78, 5) is 36.5. The number of likely N-dealkylation sites (tertiary alicyclic amines) is 1. The number of aliphatic carboxylic acids is 1. The molecule has 0 saturated carbocycles. The van der Waals surface area contributed by atoms with Crippen molar-refractivity contribution in [1.29, 1.82) is 0 Å². The topological polar surface area (TPSA) is 117 Å². The van der Waals surface area contributed by atoms with Crippen molar-refractivity contribution in [2.45, 2.75) is 38.3 Å². The molecular formula is C14H25N3O4S. The normalized spacial score (nSPS) is 18.6. The van der Waals surface area contributed by atoms with E-state index in [1.807, 2.05) is 6.26 Å². The van der Waals surface area contributed by atoms with E-state index in [-0.39, 0.29) is 23.8 Å². The molecule has 0 aromatic heterocycles. The van der Waals surface area contributed by atoms with Gasteiger partial charge in [-0.05, 0) is 31.8 Å². The van der Waals surface area contributed by atoms with Gasteiger partial charge in [0.15, 0.2) is 6.04 Å². The van der Waals surface area contributed by atoms with Crippen LogP contribution < -0.4 is 16.2 Å². The first-order chi connectivity index (χ1) is 10.4. The van der Waals surface area contributed by atoms with E-state index in [9.17, 15) is 19.5 Å². The fourth-order valence-electron chi connectivity index (χ4n) is 2.39. The first-order valence-corrected chi connectivity index (χ1v) is 8.88. The fourth-order valence-corrected chi connectivity index (χ4v) is 2.91. The number of hydrogen-bond donors (Lipinski definition) is 2. The lowest BCUT2D eigenvalue weighted by molar-refractivity contribution is -0.406. The van der Waals surface area contributed by atoms with Crippen LogP contribution in [0.5, 0.6) is 0 Å². The average molecular weight is 331 g/mol. The summed E-state index contributed by atoms with van der Waals surface area (Å²) in [5.74, 6) is -0.886. The summed E-state index contributed by atoms with van der Waals surface area (Å²) in [6, 6.07) is -1.24. The van der Waals surface area contributed by atoms with Crippen LogP contribution in [0.2, 0.25) is 0 Å². The number of quaternary nitrogens is 1. The lowest BCUT2D eigenvalue weighted by Gasteiger charge is -2.32. The van der Waals surface area contributed by atoms with E-state index < -0.39 is 12.0 Å². The summed E-state index contributed by atoms with van der Waals surface area (Å²) in [6.45, 7) is 2.41. The number of hydrogen-bond acceptors (Lipinski definition) is 5. The standard InChI is InChI=1S/C14H25N3O4S/c1-9(14(20)21)16-12(18)10-3-6-17(7-4-10)13(19)11(15)5-8-22-2/h9-11H,3-8,15H2,1-2H3,(H,16,18)(H,20,21)/t9-,11-/m0/s1. The molecule has 1 aliphatic rings. The second kappa shape index (κ2) is 8.99. The van der Waals surface area contributed by atoms with Crippen LogP contribution >= 0.6 is 11.8 Å². The molecule has 7 nitrogen and oxygen atoms in total. The smallest absolute Gasteiger partial charge is 0.280 e. The lowest BCUT2D eigenvalue weighted by Crippen LogP contribution is -2.68. The molecule has 2 amide bonds. The van der Waals surface area contributed by atoms with Crippen LogP contribution in [0.15, 0.2) is 0 Å². The molecule has 0 aliphatic carbocycles. The molecule has 22 heavy (non-hydrogen) atoms. The highest BCUT2D eigenvalue weighted by molar-refractivity contribution is 7.98. The molecule has 0 unspecified atom stereocenters. The van der Waals surface area contributed by atoms with Gasteiger partial charge >= 0.3 is 0 Å². The number of rotatable bonds is 7. The zero-order valence-corrected chi connectivity index (χ0v) is 14.0. The molecule has 0 radical (unpaired) electrons. The van der Waals surface area contributed by atoms with Gasteiger partial charge in [0, 0.05) is 25.4 Å². The monoisotopic (exact) mass is 331 g/mol. The Morgan fingerprint density at radius 3 is 2.45 bits per heavy atom. The molecule has 0 aromatic carbocycles. The summed E-state index contributed by atoms with van der Waals surface area (Å²) in [5.41, 5.74) is 3.91. The number of carbonyl (C=O) groups excluding carboxylic acids is 3. The predicted octanol–water partition coefficient (Wildman–Crippen LogP) is -2.16. The van der Waals surface area contributed by atoms with Crippen LogP contribution in [0.3, 0.4) is 0 Å². The Hall–Kier alpha value is -1.28. The largest absolute Gasteiger partial charge is 0.548 e. The Morgan fingerprint density at radius 1 is 1.36 bits per heavy atom. The van der Waals surface area contributed by atoms with Crippen LogP contribution in [0.4, 0.5) is 0 Å². The summed E-state index contributed by atoms with van der Waals surface area (Å²) in [7, 11) is 0. The quantitative estimate of drug-likeness (QED) is 0.551. The van der Waals surface area contributed by atoms with Crippen molar-refractivity contribution < 1.29 is 25.2 Å². The fraction of sp³-hybridized carbons (Fsp3) is 0.786. The van der Waals surface area contributed by atoms with E-state index in [4.69, 9.17) is 0 Å². The molecule has 0 spiro atoms. The van der Waals surface area contributed by atoms with Crippen LogP contribution in [-0.4, -0.2) is 59.9 Å². The first-order valence-electron chi connectivity index (χ1n) is 7.48. The molecule has 8 heteroatoms. The van der Waals surface area contributed by atoms with E-state index in [0.717, 1.165) is 12.2 Å². The SMILES string of the molecule is CSCC[C@H]([NH3+])C(=O)N1CCC(C(=O)N[C@@H](C)C(=O)[O-])CC1. The van der Waals surface area contributed by atoms with Gasteiger partial charge < -0.3 is 25.9 Å². The Labute approximate surface area is 135 Å². The third kappa shape index (κ3) is 5.49. The lowest BCUT2D eigenvalue weighted by atomic mass is 9.95. The van der Waals surface area contributed by atoms with Gasteiger partial charge in [-0.2, -0.15) is 11.8 Å². The van der Waals surface area contributed by atoms with Crippen molar-refractivity contribution in [3.8, 4) is 0 Å². The van der Waals surface area contributed by atoms with E-state index in [0.29, 0.717) is 25.9 Å². The average Bonchev–Trinajstić information content (AvgIpc) is 2.51. The molecule has 0 bridgehead atoms. The van der Waals surface area contributed by atoms with Gasteiger partial charge in [-0.25, -0.2) is 0 Å². The predicted molar refractivity (Wildman–Crippen MR) is 81.6 cm³/mol. The number of thioether (sulfide) groups is 1. The minimum atomic E-state index is -1.30. The molecule has 4 N–H and O–H groups in total. The highest BCUT2D eigenvalue weighted by Crippen LogP contribution is 2.18. The molecule has 0 aromatic rings. The Bertz CT molecular complexity index is 411. The number of nitrogens with zero attached hydrogens (tertiary/aromatic N) is 1. The number of nitrogens with one attached hydrogen (secondary N) is 1. The van der Waals surface area contributed by atoms with E-state index in [1.165, 1.54) is 6.92 Å². The van der Waals surface area contributed by atoms with E-state index >= 15 is 0 Å². The Balaban J connectivity index is 2.41. The Morgan fingerprint density at radius 2 is 1.95 bits per heavy atom. The third-order valence-corrected chi connectivity index (χ3v) is 4.55. The van der Waals surface area contributed by atoms with Crippen LogP contribution in [0, 0.1) is 5.92 Å². The molecule has 126 valence electrons. The third-order valence-electron chi connectivity index (χ3n) is 3.91. The first kappa shape index (κ1) is 18.8. The summed E-state index contributed by atoms with van der Waals surface area (Å²) in [5, 5.41) is 13.1. The van der Waals surface area contributed by atoms with E-state index in [1.54, 1.807) is 16.7 Å². The molecule has 1 aliphatic heterocycles. The van der Waals surface area contributed by atoms with Gasteiger partial charge in [-0.1, -0.05) is 0 Å². The van der Waals surface area contributed by atoms with Gasteiger partial charge in [-0.3, -0.25) is 9.59 Å². The van der Waals surface area contributed by atoms with Crippen molar-refractivity contribution in [3.63, 3.8) is 0 Å². The maximum atomic E-state index is 12.2. The second-order valence-electron chi connectivity index (χ2n) is 5.63. The minimum absolute atomic E-state index is 0.0380. The van der Waals surface area contributed by atoms with Gasteiger partial charge in [0.25, 0.3) is 5.91 Å². The number of carbonyl (C=O) groups is 3. The number of carboxylic acid groups (broad SMARTS) is 1. The highest BCUT2D eigenvalue weighted by Gasteiger charge is 2.31. The molecular weight excluding hydrogens is 306 g/mol. The minimum Gasteiger partial charge on any atom is -0.548 e. The number of amides is 2. The van der Waals surface area contributed by atoms with Crippen molar-refractivity contribution in [2.24, 2.45) is 5.92 Å². The maximum absolute atomic E-state index is 12.2. The molecule has 1 fully saturated rings. The second-order valence-corrected chi connectivity index (χ2v) is 6.61. The van der Waals surface area contributed by atoms with Crippen LogP contribution in [-0.2, 0) is 14.4 Å². The zero-order valence-electron chi connectivity index (χ0n) is 13.2. The molecule has 1 heterocycles. The Kier molecular flexibility index (Phi) is 7.67. The maximum Gasteiger partial charge on any atom is 0.280 e. The molecule has 2 atom stereocenters. The summed E-state index contributed by atoms with van der Waals surface area (Å²) in [6.07, 6.45) is 3.84. The molecule has 1 saturated heterocycles. The van der Waals surface area contributed by atoms with Crippen LogP contribution in [0.25, 0.3) is 0 Å². The van der Waals surface area contributed by atoms with Crippen LogP contribution in [0.1, 0.15) is 26.2 Å².